The Morgan fingerprint density at radius 2 is 1.90 bits per heavy atom. The largest absolute Gasteiger partial charge is 0.368 e. The Bertz CT molecular complexity index is 545. The minimum absolute atomic E-state index is 0.334. The zero-order valence-corrected chi connectivity index (χ0v) is 10.8. The molecule has 0 bridgehead atoms. The molecule has 0 unspecified atom stereocenters. The summed E-state index contributed by atoms with van der Waals surface area (Å²) < 4.78 is 12.7. The van der Waals surface area contributed by atoms with E-state index in [0.717, 1.165) is 5.82 Å². The number of benzene rings is 1. The molecular formula is C14H15FN4O. The number of carbonyl (C=O) groups excluding carboxylic acids is 1. The second-order valence-electron chi connectivity index (χ2n) is 4.03. The zero-order chi connectivity index (χ0) is 14.2. The van der Waals surface area contributed by atoms with E-state index in [-0.39, 0.29) is 11.8 Å². The third-order valence-corrected chi connectivity index (χ3v) is 2.48. The predicted molar refractivity (Wildman–Crippen MR) is 76.1 cm³/mol. The predicted octanol–water partition coefficient (Wildman–Crippen LogP) is 2.45. The van der Waals surface area contributed by atoms with Gasteiger partial charge in [0.15, 0.2) is 0 Å². The Morgan fingerprint density at radius 3 is 2.60 bits per heavy atom. The Kier molecular flexibility index (Phi) is 4.88. The van der Waals surface area contributed by atoms with Gasteiger partial charge in [0.25, 0.3) is 0 Å². The molecule has 0 aliphatic carbocycles. The SMILES string of the molecule is O=C(NCCNc1ccccn1)Nc1ccc(F)cc1. The van der Waals surface area contributed by atoms with Crippen molar-refractivity contribution in [3.63, 3.8) is 0 Å². The van der Waals surface area contributed by atoms with E-state index in [0.29, 0.717) is 18.8 Å². The monoisotopic (exact) mass is 274 g/mol. The number of carbonyl (C=O) groups is 1. The van der Waals surface area contributed by atoms with Gasteiger partial charge in [-0.3, -0.25) is 0 Å². The summed E-state index contributed by atoms with van der Waals surface area (Å²) in [4.78, 5) is 15.6. The van der Waals surface area contributed by atoms with E-state index < -0.39 is 0 Å². The summed E-state index contributed by atoms with van der Waals surface area (Å²) in [6.07, 6.45) is 1.69. The van der Waals surface area contributed by atoms with Crippen molar-refractivity contribution in [1.29, 1.82) is 0 Å². The van der Waals surface area contributed by atoms with Crippen LogP contribution in [0.3, 0.4) is 0 Å². The first-order valence-corrected chi connectivity index (χ1v) is 6.19. The maximum Gasteiger partial charge on any atom is 0.319 e. The fraction of sp³-hybridized carbons (Fsp3) is 0.143. The second kappa shape index (κ2) is 7.08. The smallest absolute Gasteiger partial charge is 0.319 e. The van der Waals surface area contributed by atoms with Gasteiger partial charge < -0.3 is 16.0 Å². The highest BCUT2D eigenvalue weighted by Crippen LogP contribution is 2.07. The standard InChI is InChI=1S/C14H15FN4O/c15-11-4-6-12(7-5-11)19-14(20)18-10-9-17-13-3-1-2-8-16-13/h1-8H,9-10H2,(H,16,17)(H2,18,19,20). The Balaban J connectivity index is 1.66. The minimum Gasteiger partial charge on any atom is -0.368 e. The van der Waals surface area contributed by atoms with Gasteiger partial charge in [-0.05, 0) is 36.4 Å². The van der Waals surface area contributed by atoms with Crippen LogP contribution in [0.1, 0.15) is 0 Å². The molecule has 0 atom stereocenters. The Morgan fingerprint density at radius 1 is 1.10 bits per heavy atom. The van der Waals surface area contributed by atoms with Gasteiger partial charge in [0.2, 0.25) is 0 Å². The van der Waals surface area contributed by atoms with Gasteiger partial charge in [0.05, 0.1) is 0 Å². The van der Waals surface area contributed by atoms with Crippen molar-refractivity contribution in [2.75, 3.05) is 23.7 Å². The molecule has 2 aromatic rings. The maximum absolute atomic E-state index is 12.7. The van der Waals surface area contributed by atoms with Crippen molar-refractivity contribution < 1.29 is 9.18 Å². The van der Waals surface area contributed by atoms with Gasteiger partial charge in [0, 0.05) is 25.0 Å². The molecule has 3 N–H and O–H groups in total. The molecule has 1 aromatic carbocycles. The Hall–Kier alpha value is -2.63. The van der Waals surface area contributed by atoms with Crippen molar-refractivity contribution >= 4 is 17.5 Å². The molecule has 2 rings (SSSR count). The molecule has 0 radical (unpaired) electrons. The number of hydrogen-bond donors (Lipinski definition) is 3. The molecule has 0 aliphatic heterocycles. The van der Waals surface area contributed by atoms with Gasteiger partial charge >= 0.3 is 6.03 Å². The van der Waals surface area contributed by atoms with E-state index in [4.69, 9.17) is 0 Å². The van der Waals surface area contributed by atoms with Crippen molar-refractivity contribution in [2.24, 2.45) is 0 Å². The highest BCUT2D eigenvalue weighted by molar-refractivity contribution is 5.89. The molecule has 0 saturated carbocycles. The van der Waals surface area contributed by atoms with Gasteiger partial charge in [-0.1, -0.05) is 6.07 Å². The Labute approximate surface area is 116 Å². The fourth-order valence-electron chi connectivity index (χ4n) is 1.54. The molecule has 1 heterocycles. The molecule has 0 aliphatic rings. The van der Waals surface area contributed by atoms with Crippen LogP contribution in [0.25, 0.3) is 0 Å². The lowest BCUT2D eigenvalue weighted by atomic mass is 10.3. The number of hydrogen-bond acceptors (Lipinski definition) is 3. The summed E-state index contributed by atoms with van der Waals surface area (Å²) in [6.45, 7) is 1.01. The number of urea groups is 1. The molecule has 5 nitrogen and oxygen atoms in total. The molecule has 0 saturated heterocycles. The lowest BCUT2D eigenvalue weighted by Crippen LogP contribution is -2.32. The van der Waals surface area contributed by atoms with Gasteiger partial charge in [-0.15, -0.1) is 0 Å². The molecule has 20 heavy (non-hydrogen) atoms. The van der Waals surface area contributed by atoms with Crippen LogP contribution in [0.4, 0.5) is 20.7 Å². The van der Waals surface area contributed by atoms with Crippen LogP contribution in [-0.4, -0.2) is 24.1 Å². The first-order chi connectivity index (χ1) is 9.74. The maximum atomic E-state index is 12.7. The van der Waals surface area contributed by atoms with Crippen molar-refractivity contribution in [3.05, 3.63) is 54.5 Å². The summed E-state index contributed by atoms with van der Waals surface area (Å²) in [7, 11) is 0. The number of pyridine rings is 1. The van der Waals surface area contributed by atoms with Crippen LogP contribution < -0.4 is 16.0 Å². The quantitative estimate of drug-likeness (QED) is 0.734. The topological polar surface area (TPSA) is 66.0 Å². The van der Waals surface area contributed by atoms with Crippen LogP contribution in [0.2, 0.25) is 0 Å². The number of aromatic nitrogens is 1. The second-order valence-corrected chi connectivity index (χ2v) is 4.03. The molecule has 104 valence electrons. The normalized spacial score (nSPS) is 9.85. The van der Waals surface area contributed by atoms with Crippen molar-refractivity contribution in [3.8, 4) is 0 Å². The third kappa shape index (κ3) is 4.56. The molecule has 1 aromatic heterocycles. The summed E-state index contributed by atoms with van der Waals surface area (Å²) in [5.41, 5.74) is 0.543. The van der Waals surface area contributed by atoms with Crippen LogP contribution >= 0.6 is 0 Å². The first kappa shape index (κ1) is 13.8. The van der Waals surface area contributed by atoms with E-state index in [1.54, 1.807) is 6.20 Å². The number of halogens is 1. The minimum atomic E-state index is -0.337. The van der Waals surface area contributed by atoms with Crippen molar-refractivity contribution in [1.82, 2.24) is 10.3 Å². The van der Waals surface area contributed by atoms with Gasteiger partial charge in [-0.2, -0.15) is 0 Å². The molecule has 0 fully saturated rings. The van der Waals surface area contributed by atoms with Crippen LogP contribution in [0, 0.1) is 5.82 Å². The fourth-order valence-corrected chi connectivity index (χ4v) is 1.54. The van der Waals surface area contributed by atoms with E-state index in [1.165, 1.54) is 24.3 Å². The zero-order valence-electron chi connectivity index (χ0n) is 10.8. The highest BCUT2D eigenvalue weighted by Gasteiger charge is 2.00. The average Bonchev–Trinajstić information content (AvgIpc) is 2.47. The van der Waals surface area contributed by atoms with Gasteiger partial charge in [-0.25, -0.2) is 14.2 Å². The van der Waals surface area contributed by atoms with E-state index in [1.807, 2.05) is 18.2 Å². The third-order valence-electron chi connectivity index (χ3n) is 2.48. The molecule has 0 spiro atoms. The van der Waals surface area contributed by atoms with Gasteiger partial charge in [0.1, 0.15) is 11.6 Å². The number of anilines is 2. The van der Waals surface area contributed by atoms with Crippen LogP contribution in [-0.2, 0) is 0 Å². The van der Waals surface area contributed by atoms with Crippen LogP contribution in [0.15, 0.2) is 48.7 Å². The lowest BCUT2D eigenvalue weighted by molar-refractivity contribution is 0.252. The summed E-state index contributed by atoms with van der Waals surface area (Å²) in [5.74, 6) is 0.420. The average molecular weight is 274 g/mol. The highest BCUT2D eigenvalue weighted by atomic mass is 19.1. The summed E-state index contributed by atoms with van der Waals surface area (Å²) in [6, 6.07) is 10.8. The van der Waals surface area contributed by atoms with E-state index >= 15 is 0 Å². The first-order valence-electron chi connectivity index (χ1n) is 6.19. The number of nitrogens with zero attached hydrogens (tertiary/aromatic N) is 1. The number of rotatable bonds is 5. The molecular weight excluding hydrogens is 259 g/mol. The van der Waals surface area contributed by atoms with E-state index in [2.05, 4.69) is 20.9 Å². The lowest BCUT2D eigenvalue weighted by Gasteiger charge is -2.08. The summed E-state index contributed by atoms with van der Waals surface area (Å²) >= 11 is 0. The van der Waals surface area contributed by atoms with E-state index in [9.17, 15) is 9.18 Å². The number of amides is 2. The van der Waals surface area contributed by atoms with Crippen molar-refractivity contribution in [2.45, 2.75) is 0 Å². The summed E-state index contributed by atoms with van der Waals surface area (Å²) in [5, 5.41) is 8.36. The molecule has 6 heteroatoms. The van der Waals surface area contributed by atoms with Crippen LogP contribution in [0.5, 0.6) is 0 Å². The number of nitrogens with one attached hydrogen (secondary N) is 3. The molecule has 2 amide bonds.